The van der Waals surface area contributed by atoms with Gasteiger partial charge >= 0.3 is 0 Å². The summed E-state index contributed by atoms with van der Waals surface area (Å²) in [7, 11) is 0. The zero-order valence-corrected chi connectivity index (χ0v) is 17.0. The summed E-state index contributed by atoms with van der Waals surface area (Å²) in [4.78, 5) is 12.4. The molecule has 30 heavy (non-hydrogen) atoms. The summed E-state index contributed by atoms with van der Waals surface area (Å²) in [6.45, 7) is 1.04. The van der Waals surface area contributed by atoms with Gasteiger partial charge in [0.2, 0.25) is 5.91 Å². The first-order valence-corrected chi connectivity index (χ1v) is 10.9. The number of hydrogen-bond donors (Lipinski definition) is 1. The molecule has 0 spiro atoms. The van der Waals surface area contributed by atoms with Gasteiger partial charge in [-0.05, 0) is 34.4 Å². The molecule has 0 fully saturated rings. The highest BCUT2D eigenvalue weighted by Gasteiger charge is 2.28. The van der Waals surface area contributed by atoms with Gasteiger partial charge in [-0.2, -0.15) is 5.10 Å². The minimum atomic E-state index is -0.139. The summed E-state index contributed by atoms with van der Waals surface area (Å²) in [6, 6.07) is 22.4. The summed E-state index contributed by atoms with van der Waals surface area (Å²) < 4.78 is 11.2. The number of hydrazone groups is 1. The van der Waals surface area contributed by atoms with Gasteiger partial charge in [0.05, 0.1) is 17.2 Å². The number of amides is 1. The van der Waals surface area contributed by atoms with Gasteiger partial charge in [0.25, 0.3) is 0 Å². The standard InChI is InChI=1S/C24H20N2O3S/c27-22(26-25-14-16-6-5-11-21-23(16)29-13-12-28-21)15-30-24-19-9-3-1-7-17(19)18-8-2-4-10-20(18)24/h1-11,14,24H,12-13,15H2,(H,26,27). The van der Waals surface area contributed by atoms with Gasteiger partial charge < -0.3 is 9.47 Å². The first kappa shape index (κ1) is 18.8. The molecular weight excluding hydrogens is 396 g/mol. The maximum absolute atomic E-state index is 12.4. The van der Waals surface area contributed by atoms with E-state index in [1.165, 1.54) is 22.3 Å². The molecule has 3 aromatic carbocycles. The van der Waals surface area contributed by atoms with Crippen molar-refractivity contribution >= 4 is 23.9 Å². The molecule has 1 amide bonds. The molecule has 0 saturated heterocycles. The molecule has 6 heteroatoms. The van der Waals surface area contributed by atoms with E-state index in [1.807, 2.05) is 18.2 Å². The monoisotopic (exact) mass is 416 g/mol. The van der Waals surface area contributed by atoms with E-state index in [2.05, 4.69) is 59.1 Å². The lowest BCUT2D eigenvalue weighted by Crippen LogP contribution is -2.20. The average Bonchev–Trinajstić information content (AvgIpc) is 3.12. The fourth-order valence-electron chi connectivity index (χ4n) is 3.85. The predicted octanol–water partition coefficient (Wildman–Crippen LogP) is 4.41. The van der Waals surface area contributed by atoms with Crippen LogP contribution in [0.1, 0.15) is 21.9 Å². The summed E-state index contributed by atoms with van der Waals surface area (Å²) in [6.07, 6.45) is 1.59. The molecule has 1 aliphatic carbocycles. The van der Waals surface area contributed by atoms with Crippen molar-refractivity contribution in [2.24, 2.45) is 5.10 Å². The Kier molecular flexibility index (Phi) is 5.15. The van der Waals surface area contributed by atoms with Crippen LogP contribution in [0, 0.1) is 0 Å². The van der Waals surface area contributed by atoms with Gasteiger partial charge in [-0.3, -0.25) is 4.79 Å². The normalized spacial score (nSPS) is 14.4. The number of benzene rings is 3. The Morgan fingerprint density at radius 1 is 0.967 bits per heavy atom. The quantitative estimate of drug-likeness (QED) is 0.494. The van der Waals surface area contributed by atoms with Crippen LogP contribution in [0.15, 0.2) is 71.8 Å². The molecular formula is C24H20N2O3S. The number of hydrogen-bond acceptors (Lipinski definition) is 5. The lowest BCUT2D eigenvalue weighted by Gasteiger charge is -2.19. The highest BCUT2D eigenvalue weighted by atomic mass is 32.2. The SMILES string of the molecule is O=C(CSC1c2ccccc2-c2ccccc21)NN=Cc1cccc2c1OCCO2. The van der Waals surface area contributed by atoms with Crippen LogP contribution in [0.3, 0.4) is 0 Å². The van der Waals surface area contributed by atoms with Crippen molar-refractivity contribution in [2.75, 3.05) is 19.0 Å². The van der Waals surface area contributed by atoms with Crippen molar-refractivity contribution < 1.29 is 14.3 Å². The molecule has 5 rings (SSSR count). The maximum atomic E-state index is 12.4. The van der Waals surface area contributed by atoms with Crippen LogP contribution in [-0.4, -0.2) is 31.1 Å². The van der Waals surface area contributed by atoms with Gasteiger partial charge in [0.15, 0.2) is 11.5 Å². The fourth-order valence-corrected chi connectivity index (χ4v) is 5.00. The molecule has 5 nitrogen and oxygen atoms in total. The van der Waals surface area contributed by atoms with Crippen LogP contribution in [0.25, 0.3) is 11.1 Å². The highest BCUT2D eigenvalue weighted by Crippen LogP contribution is 2.49. The Bertz CT molecular complexity index is 1080. The van der Waals surface area contributed by atoms with Crippen LogP contribution in [0.2, 0.25) is 0 Å². The fraction of sp³-hybridized carbons (Fsp3) is 0.167. The molecule has 1 N–H and O–H groups in total. The van der Waals surface area contributed by atoms with E-state index in [-0.39, 0.29) is 11.2 Å². The number of thioether (sulfide) groups is 1. The van der Waals surface area contributed by atoms with Crippen molar-refractivity contribution in [3.63, 3.8) is 0 Å². The van der Waals surface area contributed by atoms with E-state index in [9.17, 15) is 4.79 Å². The Balaban J connectivity index is 1.24. The molecule has 0 atom stereocenters. The zero-order valence-electron chi connectivity index (χ0n) is 16.2. The molecule has 0 saturated carbocycles. The second-order valence-electron chi connectivity index (χ2n) is 7.03. The Morgan fingerprint density at radius 3 is 2.43 bits per heavy atom. The third kappa shape index (κ3) is 3.55. The van der Waals surface area contributed by atoms with Gasteiger partial charge in [0, 0.05) is 5.56 Å². The number of nitrogens with one attached hydrogen (secondary N) is 1. The number of rotatable bonds is 5. The minimum absolute atomic E-state index is 0.139. The molecule has 0 unspecified atom stereocenters. The van der Waals surface area contributed by atoms with E-state index in [4.69, 9.17) is 9.47 Å². The topological polar surface area (TPSA) is 59.9 Å². The lowest BCUT2D eigenvalue weighted by molar-refractivity contribution is -0.118. The lowest BCUT2D eigenvalue weighted by atomic mass is 10.1. The van der Waals surface area contributed by atoms with Crippen LogP contribution in [-0.2, 0) is 4.79 Å². The molecule has 0 bridgehead atoms. The number of carbonyl (C=O) groups excluding carboxylic acids is 1. The zero-order chi connectivity index (χ0) is 20.3. The summed E-state index contributed by atoms with van der Waals surface area (Å²) in [5.74, 6) is 1.54. The molecule has 1 heterocycles. The largest absolute Gasteiger partial charge is 0.486 e. The Labute approximate surface area is 179 Å². The van der Waals surface area contributed by atoms with E-state index < -0.39 is 0 Å². The van der Waals surface area contributed by atoms with Gasteiger partial charge in [-0.15, -0.1) is 11.8 Å². The molecule has 0 radical (unpaired) electrons. The second kappa shape index (κ2) is 8.24. The second-order valence-corrected chi connectivity index (χ2v) is 8.12. The van der Waals surface area contributed by atoms with E-state index >= 15 is 0 Å². The molecule has 0 aromatic heterocycles. The number of fused-ring (bicyclic) bond motifs is 4. The van der Waals surface area contributed by atoms with Crippen LogP contribution in [0.4, 0.5) is 0 Å². The third-order valence-corrected chi connectivity index (χ3v) is 6.42. The van der Waals surface area contributed by atoms with Gasteiger partial charge in [-0.25, -0.2) is 5.43 Å². The summed E-state index contributed by atoms with van der Waals surface area (Å²) in [5, 5.41) is 4.26. The minimum Gasteiger partial charge on any atom is -0.486 e. The third-order valence-electron chi connectivity index (χ3n) is 5.15. The average molecular weight is 417 g/mol. The first-order chi connectivity index (χ1) is 14.8. The number of para-hydroxylation sites is 1. The summed E-state index contributed by atoms with van der Waals surface area (Å²) >= 11 is 1.62. The van der Waals surface area contributed by atoms with Crippen molar-refractivity contribution in [1.82, 2.24) is 5.43 Å². The Hall–Kier alpha value is -3.25. The van der Waals surface area contributed by atoms with E-state index in [0.717, 1.165) is 5.56 Å². The van der Waals surface area contributed by atoms with Crippen molar-refractivity contribution in [3.05, 3.63) is 83.4 Å². The highest BCUT2D eigenvalue weighted by molar-refractivity contribution is 8.00. The van der Waals surface area contributed by atoms with Crippen LogP contribution < -0.4 is 14.9 Å². The number of nitrogens with zero attached hydrogens (tertiary/aromatic N) is 1. The summed E-state index contributed by atoms with van der Waals surface area (Å²) in [5.41, 5.74) is 8.41. The van der Waals surface area contributed by atoms with Crippen LogP contribution >= 0.6 is 11.8 Å². The predicted molar refractivity (Wildman–Crippen MR) is 119 cm³/mol. The van der Waals surface area contributed by atoms with Gasteiger partial charge in [-0.1, -0.05) is 54.6 Å². The first-order valence-electron chi connectivity index (χ1n) is 9.81. The number of carbonyl (C=O) groups is 1. The molecule has 2 aliphatic rings. The van der Waals surface area contributed by atoms with Crippen LogP contribution in [0.5, 0.6) is 11.5 Å². The van der Waals surface area contributed by atoms with Crippen molar-refractivity contribution in [3.8, 4) is 22.6 Å². The molecule has 1 aliphatic heterocycles. The smallest absolute Gasteiger partial charge is 0.250 e. The Morgan fingerprint density at radius 2 is 1.67 bits per heavy atom. The van der Waals surface area contributed by atoms with Crippen molar-refractivity contribution in [1.29, 1.82) is 0 Å². The van der Waals surface area contributed by atoms with E-state index in [1.54, 1.807) is 18.0 Å². The van der Waals surface area contributed by atoms with Crippen molar-refractivity contribution in [2.45, 2.75) is 5.25 Å². The number of ether oxygens (including phenoxy) is 2. The molecule has 3 aromatic rings. The van der Waals surface area contributed by atoms with Gasteiger partial charge in [0.1, 0.15) is 13.2 Å². The van der Waals surface area contributed by atoms with E-state index in [0.29, 0.717) is 30.5 Å². The molecule has 150 valence electrons. The maximum Gasteiger partial charge on any atom is 0.250 e.